The maximum atomic E-state index is 5.31. The van der Waals surface area contributed by atoms with Gasteiger partial charge in [-0.2, -0.15) is 4.98 Å². The van der Waals surface area contributed by atoms with E-state index in [2.05, 4.69) is 27.5 Å². The summed E-state index contributed by atoms with van der Waals surface area (Å²) in [5.74, 6) is 2.06. The monoisotopic (exact) mass is 318 g/mol. The molecule has 0 radical (unpaired) electrons. The van der Waals surface area contributed by atoms with Gasteiger partial charge >= 0.3 is 0 Å². The number of hydrogen-bond acceptors (Lipinski definition) is 7. The highest BCUT2D eigenvalue weighted by atomic mass is 32.1. The lowest BCUT2D eigenvalue weighted by Crippen LogP contribution is -2.21. The molecule has 0 spiro atoms. The van der Waals surface area contributed by atoms with Gasteiger partial charge in [0.05, 0.1) is 17.1 Å². The number of nitrogens with zero attached hydrogens (tertiary/aromatic N) is 3. The van der Waals surface area contributed by atoms with Crippen molar-refractivity contribution >= 4 is 11.3 Å². The van der Waals surface area contributed by atoms with Crippen molar-refractivity contribution in [1.82, 2.24) is 20.6 Å². The highest BCUT2D eigenvalue weighted by Gasteiger charge is 2.19. The topological polar surface area (TPSA) is 77.0 Å². The van der Waals surface area contributed by atoms with Crippen LogP contribution in [0.15, 0.2) is 26.6 Å². The number of thiophene rings is 1. The van der Waals surface area contributed by atoms with Gasteiger partial charge in [0.1, 0.15) is 5.76 Å². The summed E-state index contributed by atoms with van der Waals surface area (Å²) in [7, 11) is 0. The molecule has 3 heterocycles. The Labute approximate surface area is 132 Å². The van der Waals surface area contributed by atoms with Gasteiger partial charge in [-0.1, -0.05) is 23.3 Å². The van der Waals surface area contributed by atoms with Crippen LogP contribution in [0.2, 0.25) is 0 Å². The molecule has 0 fully saturated rings. The second kappa shape index (κ2) is 6.41. The first-order valence-electron chi connectivity index (χ1n) is 7.21. The van der Waals surface area contributed by atoms with Gasteiger partial charge in [-0.25, -0.2) is 0 Å². The summed E-state index contributed by atoms with van der Waals surface area (Å²) in [6.45, 7) is 6.52. The van der Waals surface area contributed by atoms with Crippen LogP contribution in [0.5, 0.6) is 0 Å². The van der Waals surface area contributed by atoms with Crippen molar-refractivity contribution in [3.63, 3.8) is 0 Å². The summed E-state index contributed by atoms with van der Waals surface area (Å²) < 4.78 is 10.5. The molecule has 0 aliphatic heterocycles. The van der Waals surface area contributed by atoms with E-state index in [1.165, 1.54) is 0 Å². The van der Waals surface area contributed by atoms with E-state index in [1.807, 2.05) is 31.4 Å². The standard InChI is InChI=1S/C15H18N4O2S/c1-4-11(14-9(2)18-20-10(14)3)16-8-13-17-15(19-21-13)12-6-5-7-22-12/h5-7,11,16H,4,8H2,1-3H3. The van der Waals surface area contributed by atoms with Crippen molar-refractivity contribution < 1.29 is 9.05 Å². The Morgan fingerprint density at radius 2 is 2.14 bits per heavy atom. The smallest absolute Gasteiger partial charge is 0.240 e. The normalized spacial score (nSPS) is 12.7. The molecule has 0 saturated heterocycles. The van der Waals surface area contributed by atoms with Crippen molar-refractivity contribution in [2.24, 2.45) is 0 Å². The Bertz CT molecular complexity index is 713. The number of aryl methyl sites for hydroxylation is 2. The van der Waals surface area contributed by atoms with E-state index >= 15 is 0 Å². The zero-order valence-electron chi connectivity index (χ0n) is 12.8. The molecule has 3 rings (SSSR count). The van der Waals surface area contributed by atoms with Gasteiger partial charge < -0.3 is 14.4 Å². The van der Waals surface area contributed by atoms with E-state index in [0.29, 0.717) is 18.3 Å². The number of hydrogen-bond donors (Lipinski definition) is 1. The van der Waals surface area contributed by atoms with Crippen LogP contribution < -0.4 is 5.32 Å². The fourth-order valence-corrected chi connectivity index (χ4v) is 3.13. The average molecular weight is 318 g/mol. The largest absolute Gasteiger partial charge is 0.361 e. The molecular formula is C15H18N4O2S. The SMILES string of the molecule is CCC(NCc1nc(-c2cccs2)no1)c1c(C)noc1C. The summed E-state index contributed by atoms with van der Waals surface area (Å²) >= 11 is 1.59. The fraction of sp³-hybridized carbons (Fsp3) is 0.400. The predicted octanol–water partition coefficient (Wildman–Crippen LogP) is 3.64. The van der Waals surface area contributed by atoms with Crippen LogP contribution in [-0.2, 0) is 6.54 Å². The first kappa shape index (κ1) is 14.9. The van der Waals surface area contributed by atoms with Crippen molar-refractivity contribution in [3.8, 4) is 10.7 Å². The highest BCUT2D eigenvalue weighted by molar-refractivity contribution is 7.13. The summed E-state index contributed by atoms with van der Waals surface area (Å²) in [6.07, 6.45) is 0.925. The Balaban J connectivity index is 1.69. The molecule has 3 aromatic rings. The van der Waals surface area contributed by atoms with Gasteiger partial charge in [0, 0.05) is 11.6 Å². The lowest BCUT2D eigenvalue weighted by molar-refractivity contribution is 0.354. The van der Waals surface area contributed by atoms with Crippen molar-refractivity contribution in [3.05, 3.63) is 40.4 Å². The van der Waals surface area contributed by atoms with Gasteiger partial charge in [0.15, 0.2) is 0 Å². The molecule has 0 saturated carbocycles. The minimum atomic E-state index is 0.156. The van der Waals surface area contributed by atoms with E-state index in [-0.39, 0.29) is 6.04 Å². The van der Waals surface area contributed by atoms with Gasteiger partial charge in [-0.3, -0.25) is 0 Å². The van der Waals surface area contributed by atoms with Crippen LogP contribution in [0, 0.1) is 13.8 Å². The molecule has 1 unspecified atom stereocenters. The zero-order chi connectivity index (χ0) is 15.5. The maximum Gasteiger partial charge on any atom is 0.240 e. The van der Waals surface area contributed by atoms with E-state index in [9.17, 15) is 0 Å². The lowest BCUT2D eigenvalue weighted by atomic mass is 10.0. The molecule has 6 nitrogen and oxygen atoms in total. The number of nitrogens with one attached hydrogen (secondary N) is 1. The van der Waals surface area contributed by atoms with Crippen molar-refractivity contribution in [2.75, 3.05) is 0 Å². The molecule has 3 aromatic heterocycles. The van der Waals surface area contributed by atoms with E-state index in [1.54, 1.807) is 11.3 Å². The Morgan fingerprint density at radius 1 is 1.27 bits per heavy atom. The quantitative estimate of drug-likeness (QED) is 0.747. The molecule has 0 amide bonds. The third-order valence-electron chi connectivity index (χ3n) is 3.55. The lowest BCUT2D eigenvalue weighted by Gasteiger charge is -2.15. The average Bonchev–Trinajstić information content (AvgIpc) is 3.23. The second-order valence-corrected chi connectivity index (χ2v) is 6.02. The predicted molar refractivity (Wildman–Crippen MR) is 83.5 cm³/mol. The molecule has 1 N–H and O–H groups in total. The van der Waals surface area contributed by atoms with Crippen molar-refractivity contribution in [2.45, 2.75) is 39.8 Å². The van der Waals surface area contributed by atoms with Crippen LogP contribution in [0.25, 0.3) is 10.7 Å². The van der Waals surface area contributed by atoms with E-state index in [4.69, 9.17) is 9.05 Å². The molecule has 0 aliphatic carbocycles. The van der Waals surface area contributed by atoms with Gasteiger partial charge in [-0.05, 0) is 31.7 Å². The molecule has 1 atom stereocenters. The number of rotatable bonds is 6. The molecule has 7 heteroatoms. The Kier molecular flexibility index (Phi) is 4.35. The zero-order valence-corrected chi connectivity index (χ0v) is 13.6. The third kappa shape index (κ3) is 2.95. The van der Waals surface area contributed by atoms with Crippen LogP contribution in [0.1, 0.15) is 42.3 Å². The van der Waals surface area contributed by atoms with Crippen LogP contribution >= 0.6 is 11.3 Å². The summed E-state index contributed by atoms with van der Waals surface area (Å²) in [6, 6.07) is 4.10. The van der Waals surface area contributed by atoms with Gasteiger partial charge in [-0.15, -0.1) is 11.3 Å². The number of aromatic nitrogens is 3. The Morgan fingerprint density at radius 3 is 2.77 bits per heavy atom. The minimum absolute atomic E-state index is 0.156. The summed E-state index contributed by atoms with van der Waals surface area (Å²) in [4.78, 5) is 5.42. The van der Waals surface area contributed by atoms with Gasteiger partial charge in [0.2, 0.25) is 11.7 Å². The Hall–Kier alpha value is -1.99. The fourth-order valence-electron chi connectivity index (χ4n) is 2.48. The first-order chi connectivity index (χ1) is 10.7. The third-order valence-corrected chi connectivity index (χ3v) is 4.42. The highest BCUT2D eigenvalue weighted by Crippen LogP contribution is 2.25. The molecule has 116 valence electrons. The van der Waals surface area contributed by atoms with E-state index in [0.717, 1.165) is 28.3 Å². The van der Waals surface area contributed by atoms with Crippen LogP contribution in [-0.4, -0.2) is 15.3 Å². The van der Waals surface area contributed by atoms with Crippen molar-refractivity contribution in [1.29, 1.82) is 0 Å². The molecule has 0 bridgehead atoms. The molecular weight excluding hydrogens is 300 g/mol. The maximum absolute atomic E-state index is 5.31. The van der Waals surface area contributed by atoms with Crippen LogP contribution in [0.4, 0.5) is 0 Å². The van der Waals surface area contributed by atoms with Crippen LogP contribution in [0.3, 0.4) is 0 Å². The van der Waals surface area contributed by atoms with E-state index < -0.39 is 0 Å². The second-order valence-electron chi connectivity index (χ2n) is 5.07. The summed E-state index contributed by atoms with van der Waals surface area (Å²) in [5.41, 5.74) is 2.03. The minimum Gasteiger partial charge on any atom is -0.361 e. The molecule has 0 aliphatic rings. The molecule has 22 heavy (non-hydrogen) atoms. The molecule has 0 aromatic carbocycles. The van der Waals surface area contributed by atoms with Gasteiger partial charge in [0.25, 0.3) is 0 Å². The summed E-state index contributed by atoms with van der Waals surface area (Å²) in [5, 5.41) is 13.5. The first-order valence-corrected chi connectivity index (χ1v) is 8.09.